The molecule has 5 nitrogen and oxygen atoms in total. The monoisotopic (exact) mass is 329 g/mol. The quantitative estimate of drug-likeness (QED) is 0.632. The fourth-order valence-corrected chi connectivity index (χ4v) is 3.14. The van der Waals surface area contributed by atoms with Crippen molar-refractivity contribution in [3.05, 3.63) is 52.3 Å². The van der Waals surface area contributed by atoms with E-state index in [0.29, 0.717) is 18.2 Å². The molecule has 0 saturated heterocycles. The molecular formula is C18H20FN3O2. The van der Waals surface area contributed by atoms with Gasteiger partial charge in [0.05, 0.1) is 10.6 Å². The molecule has 2 aromatic rings. The molecule has 1 N–H and O–H groups in total. The van der Waals surface area contributed by atoms with Gasteiger partial charge in [0, 0.05) is 18.2 Å². The van der Waals surface area contributed by atoms with Gasteiger partial charge in [-0.3, -0.25) is 10.1 Å². The molecule has 1 aliphatic carbocycles. The number of nitrogens with one attached hydrogen (secondary N) is 1. The van der Waals surface area contributed by atoms with E-state index in [1.54, 1.807) is 18.2 Å². The lowest BCUT2D eigenvalue weighted by molar-refractivity contribution is -0.384. The van der Waals surface area contributed by atoms with E-state index in [9.17, 15) is 14.5 Å². The smallest absolute Gasteiger partial charge is 0.311 e. The third-order valence-corrected chi connectivity index (χ3v) is 4.49. The van der Waals surface area contributed by atoms with Crippen molar-refractivity contribution >= 4 is 11.5 Å². The number of nitro groups is 1. The number of rotatable bonds is 5. The van der Waals surface area contributed by atoms with E-state index in [1.165, 1.54) is 37.5 Å². The number of hydrogen-bond donors (Lipinski definition) is 1. The molecule has 6 heteroatoms. The van der Waals surface area contributed by atoms with Crippen molar-refractivity contribution in [3.8, 4) is 11.3 Å². The number of halogens is 1. The van der Waals surface area contributed by atoms with Crippen molar-refractivity contribution in [2.75, 3.05) is 11.9 Å². The van der Waals surface area contributed by atoms with Gasteiger partial charge < -0.3 is 5.32 Å². The van der Waals surface area contributed by atoms with Crippen LogP contribution in [0, 0.1) is 21.8 Å². The number of pyridine rings is 1. The summed E-state index contributed by atoms with van der Waals surface area (Å²) >= 11 is 0. The highest BCUT2D eigenvalue weighted by atomic mass is 19.1. The van der Waals surface area contributed by atoms with Crippen molar-refractivity contribution < 1.29 is 9.31 Å². The maximum Gasteiger partial charge on any atom is 0.311 e. The molecule has 0 radical (unpaired) electrons. The molecule has 0 aliphatic heterocycles. The molecule has 1 saturated carbocycles. The summed E-state index contributed by atoms with van der Waals surface area (Å²) in [7, 11) is 0. The highest BCUT2D eigenvalue weighted by Crippen LogP contribution is 2.29. The summed E-state index contributed by atoms with van der Waals surface area (Å²) in [5.41, 5.74) is 1.29. The van der Waals surface area contributed by atoms with E-state index in [1.807, 2.05) is 0 Å². The van der Waals surface area contributed by atoms with Crippen LogP contribution in [0.15, 0.2) is 36.4 Å². The van der Waals surface area contributed by atoms with E-state index in [0.717, 1.165) is 18.4 Å². The molecule has 0 atom stereocenters. The van der Waals surface area contributed by atoms with E-state index in [-0.39, 0.29) is 17.3 Å². The van der Waals surface area contributed by atoms with Gasteiger partial charge in [-0.15, -0.1) is 0 Å². The number of benzene rings is 1. The van der Waals surface area contributed by atoms with Gasteiger partial charge in [0.15, 0.2) is 0 Å². The molecule has 0 bridgehead atoms. The van der Waals surface area contributed by atoms with Gasteiger partial charge in [0.1, 0.15) is 5.82 Å². The minimum Gasteiger partial charge on any atom is -0.364 e. The highest BCUT2D eigenvalue weighted by molar-refractivity contribution is 5.66. The number of aromatic nitrogens is 1. The average molecular weight is 329 g/mol. The van der Waals surface area contributed by atoms with Gasteiger partial charge >= 0.3 is 5.69 Å². The van der Waals surface area contributed by atoms with Crippen LogP contribution in [-0.4, -0.2) is 16.5 Å². The zero-order chi connectivity index (χ0) is 16.9. The summed E-state index contributed by atoms with van der Waals surface area (Å²) in [6.07, 6.45) is 6.01. The predicted molar refractivity (Wildman–Crippen MR) is 91.4 cm³/mol. The normalized spacial score (nSPS) is 15.2. The highest BCUT2D eigenvalue weighted by Gasteiger charge is 2.19. The van der Waals surface area contributed by atoms with E-state index in [4.69, 9.17) is 0 Å². The van der Waals surface area contributed by atoms with Crippen molar-refractivity contribution in [2.45, 2.75) is 32.1 Å². The molecule has 126 valence electrons. The van der Waals surface area contributed by atoms with Crippen molar-refractivity contribution in [2.24, 2.45) is 5.92 Å². The molecule has 1 aromatic carbocycles. The molecule has 0 unspecified atom stereocenters. The van der Waals surface area contributed by atoms with Gasteiger partial charge in [-0.25, -0.2) is 9.37 Å². The minimum atomic E-state index is -0.426. The van der Waals surface area contributed by atoms with Gasteiger partial charge in [0.2, 0.25) is 5.82 Å². The summed E-state index contributed by atoms with van der Waals surface area (Å²) in [6, 6.07) is 9.00. The summed E-state index contributed by atoms with van der Waals surface area (Å²) in [5, 5.41) is 14.4. The lowest BCUT2D eigenvalue weighted by atomic mass is 9.89. The Kier molecular flexibility index (Phi) is 5.03. The first-order valence-electron chi connectivity index (χ1n) is 8.29. The SMILES string of the molecule is O=[N+]([O-])c1ccc(-c2ccc(F)cc2)nc1NCC1CCCCC1. The summed E-state index contributed by atoms with van der Waals surface area (Å²) < 4.78 is 13.1. The van der Waals surface area contributed by atoms with Crippen LogP contribution in [0.5, 0.6) is 0 Å². The Morgan fingerprint density at radius 1 is 1.12 bits per heavy atom. The Morgan fingerprint density at radius 3 is 2.50 bits per heavy atom. The van der Waals surface area contributed by atoms with Crippen LogP contribution in [0.4, 0.5) is 15.9 Å². The summed E-state index contributed by atoms with van der Waals surface area (Å²) in [5.74, 6) is 0.498. The zero-order valence-corrected chi connectivity index (χ0v) is 13.4. The molecule has 1 heterocycles. The Bertz CT molecular complexity index is 713. The first-order chi connectivity index (χ1) is 11.6. The van der Waals surface area contributed by atoms with Crippen molar-refractivity contribution in [1.82, 2.24) is 4.98 Å². The van der Waals surface area contributed by atoms with Crippen molar-refractivity contribution in [3.63, 3.8) is 0 Å². The first-order valence-corrected chi connectivity index (χ1v) is 8.29. The van der Waals surface area contributed by atoms with Crippen LogP contribution < -0.4 is 5.32 Å². The molecule has 1 aliphatic rings. The predicted octanol–water partition coefficient (Wildman–Crippen LogP) is 4.79. The molecule has 0 spiro atoms. The van der Waals surface area contributed by atoms with E-state index < -0.39 is 4.92 Å². The number of nitrogens with zero attached hydrogens (tertiary/aromatic N) is 2. The lowest BCUT2D eigenvalue weighted by Crippen LogP contribution is -2.18. The topological polar surface area (TPSA) is 68.1 Å². The average Bonchev–Trinajstić information content (AvgIpc) is 2.61. The fraction of sp³-hybridized carbons (Fsp3) is 0.389. The van der Waals surface area contributed by atoms with E-state index in [2.05, 4.69) is 10.3 Å². The van der Waals surface area contributed by atoms with Gasteiger partial charge in [-0.1, -0.05) is 19.3 Å². The summed E-state index contributed by atoms with van der Waals surface area (Å²) in [6.45, 7) is 0.695. The first kappa shape index (κ1) is 16.4. The number of anilines is 1. The Balaban J connectivity index is 1.82. The van der Waals surface area contributed by atoms with Crippen LogP contribution in [0.3, 0.4) is 0 Å². The van der Waals surface area contributed by atoms with Gasteiger partial charge in [-0.05, 0) is 49.1 Å². The second-order valence-electron chi connectivity index (χ2n) is 6.21. The Hall–Kier alpha value is -2.50. The maximum atomic E-state index is 13.1. The third-order valence-electron chi connectivity index (χ3n) is 4.49. The van der Waals surface area contributed by atoms with Crippen LogP contribution in [0.2, 0.25) is 0 Å². The van der Waals surface area contributed by atoms with Crippen LogP contribution in [0.1, 0.15) is 32.1 Å². The second-order valence-corrected chi connectivity index (χ2v) is 6.21. The van der Waals surface area contributed by atoms with Crippen LogP contribution in [-0.2, 0) is 0 Å². The molecule has 24 heavy (non-hydrogen) atoms. The lowest BCUT2D eigenvalue weighted by Gasteiger charge is -2.22. The van der Waals surface area contributed by atoms with Gasteiger partial charge in [0.25, 0.3) is 0 Å². The molecule has 1 fully saturated rings. The molecule has 3 rings (SSSR count). The minimum absolute atomic E-state index is 0.0309. The van der Waals surface area contributed by atoms with Crippen LogP contribution in [0.25, 0.3) is 11.3 Å². The standard InChI is InChI=1S/C18H20FN3O2/c19-15-8-6-14(7-9-15)16-10-11-17(22(23)24)18(21-16)20-12-13-4-2-1-3-5-13/h6-11,13H,1-5,12H2,(H,20,21). The number of hydrogen-bond acceptors (Lipinski definition) is 4. The summed E-state index contributed by atoms with van der Waals surface area (Å²) in [4.78, 5) is 15.2. The van der Waals surface area contributed by atoms with Crippen molar-refractivity contribution in [1.29, 1.82) is 0 Å². The third kappa shape index (κ3) is 3.88. The largest absolute Gasteiger partial charge is 0.364 e. The molecule has 0 amide bonds. The second kappa shape index (κ2) is 7.38. The Morgan fingerprint density at radius 2 is 1.83 bits per heavy atom. The Labute approximate surface area is 140 Å². The van der Waals surface area contributed by atoms with E-state index >= 15 is 0 Å². The van der Waals surface area contributed by atoms with Crippen LogP contribution >= 0.6 is 0 Å². The van der Waals surface area contributed by atoms with Gasteiger partial charge in [-0.2, -0.15) is 0 Å². The maximum absolute atomic E-state index is 13.1. The zero-order valence-electron chi connectivity index (χ0n) is 13.4. The molecule has 1 aromatic heterocycles. The molecular weight excluding hydrogens is 309 g/mol. The fourth-order valence-electron chi connectivity index (χ4n) is 3.14.